The zero-order chi connectivity index (χ0) is 11.8. The van der Waals surface area contributed by atoms with Crippen molar-refractivity contribution >= 4 is 41.3 Å². The summed E-state index contributed by atoms with van der Waals surface area (Å²) in [5, 5.41) is 9.64. The third-order valence-electron chi connectivity index (χ3n) is 1.99. The fourth-order valence-corrected chi connectivity index (χ4v) is 1.99. The summed E-state index contributed by atoms with van der Waals surface area (Å²) in [5.74, 6) is 0.857. The normalized spacial score (nSPS) is 9.35. The number of nitrogens with zero attached hydrogens (tertiary/aromatic N) is 2. The molecule has 1 heterocycles. The van der Waals surface area contributed by atoms with Crippen molar-refractivity contribution in [1.82, 2.24) is 15.6 Å². The number of aliphatic imine (C=N–C) groups is 1. The van der Waals surface area contributed by atoms with Crippen molar-refractivity contribution in [3.8, 4) is 0 Å². The third-order valence-corrected chi connectivity index (χ3v) is 3.03. The summed E-state index contributed by atoms with van der Waals surface area (Å²) in [6.45, 7) is 8.64. The van der Waals surface area contributed by atoms with Crippen LogP contribution in [0, 0.1) is 0 Å². The molecule has 0 amide bonds. The highest BCUT2D eigenvalue weighted by Crippen LogP contribution is 2.10. The number of halogens is 1. The Morgan fingerprint density at radius 2 is 1.94 bits per heavy atom. The van der Waals surface area contributed by atoms with Crippen LogP contribution >= 0.6 is 35.3 Å². The van der Waals surface area contributed by atoms with Gasteiger partial charge in [0.05, 0.1) is 17.2 Å². The molecule has 0 aliphatic heterocycles. The lowest BCUT2D eigenvalue weighted by Crippen LogP contribution is -2.36. The number of nitrogens with one attached hydrogen (secondary N) is 2. The summed E-state index contributed by atoms with van der Waals surface area (Å²) in [4.78, 5) is 8.94. The number of aryl methyl sites for hydroxylation is 1. The van der Waals surface area contributed by atoms with Crippen molar-refractivity contribution in [3.63, 3.8) is 0 Å². The minimum Gasteiger partial charge on any atom is -0.357 e. The van der Waals surface area contributed by atoms with Crippen molar-refractivity contribution in [3.05, 3.63) is 16.1 Å². The van der Waals surface area contributed by atoms with Crippen LogP contribution < -0.4 is 10.6 Å². The molecule has 2 N–H and O–H groups in total. The Labute approximate surface area is 124 Å². The lowest BCUT2D eigenvalue weighted by atomic mass is 10.5. The van der Waals surface area contributed by atoms with Gasteiger partial charge >= 0.3 is 0 Å². The number of hydrogen-bond acceptors (Lipinski definition) is 3. The number of hydrogen-bond donors (Lipinski definition) is 2. The second kappa shape index (κ2) is 9.64. The molecule has 6 heteroatoms. The van der Waals surface area contributed by atoms with E-state index in [9.17, 15) is 0 Å². The van der Waals surface area contributed by atoms with E-state index in [0.717, 1.165) is 31.2 Å². The van der Waals surface area contributed by atoms with E-state index in [2.05, 4.69) is 46.8 Å². The maximum atomic E-state index is 4.48. The molecule has 0 radical (unpaired) electrons. The summed E-state index contributed by atoms with van der Waals surface area (Å²) in [6, 6.07) is 0. The number of guanidine groups is 1. The molecule has 0 aromatic carbocycles. The van der Waals surface area contributed by atoms with Crippen LogP contribution in [0.3, 0.4) is 0 Å². The largest absolute Gasteiger partial charge is 0.357 e. The monoisotopic (exact) mass is 368 g/mol. The fourth-order valence-electron chi connectivity index (χ4n) is 1.25. The topological polar surface area (TPSA) is 49.3 Å². The molecule has 0 unspecified atom stereocenters. The van der Waals surface area contributed by atoms with Crippen molar-refractivity contribution in [1.29, 1.82) is 0 Å². The lowest BCUT2D eigenvalue weighted by Gasteiger charge is -2.08. The van der Waals surface area contributed by atoms with Gasteiger partial charge in [-0.25, -0.2) is 9.98 Å². The van der Waals surface area contributed by atoms with Crippen LogP contribution in [0.15, 0.2) is 10.4 Å². The highest BCUT2D eigenvalue weighted by molar-refractivity contribution is 14.0. The highest BCUT2D eigenvalue weighted by atomic mass is 127. The van der Waals surface area contributed by atoms with Gasteiger partial charge < -0.3 is 10.6 Å². The molecule has 17 heavy (non-hydrogen) atoms. The number of aromatic nitrogens is 1. The van der Waals surface area contributed by atoms with E-state index in [1.54, 1.807) is 11.3 Å². The Kier molecular flexibility index (Phi) is 9.43. The van der Waals surface area contributed by atoms with Gasteiger partial charge in [-0.05, 0) is 20.3 Å². The van der Waals surface area contributed by atoms with Gasteiger partial charge in [0.25, 0.3) is 0 Å². The Morgan fingerprint density at radius 3 is 2.41 bits per heavy atom. The van der Waals surface area contributed by atoms with Crippen molar-refractivity contribution in [2.75, 3.05) is 13.1 Å². The standard InChI is InChI=1S/C11H20N4S.HI/c1-4-10-15-9(8-16-10)7-14-11(12-5-2)13-6-3;/h8H,4-7H2,1-3H3,(H2,12,13,14);1H. The minimum absolute atomic E-state index is 0. The zero-order valence-corrected chi connectivity index (χ0v) is 13.8. The van der Waals surface area contributed by atoms with E-state index in [1.165, 1.54) is 5.01 Å². The summed E-state index contributed by atoms with van der Waals surface area (Å²) < 4.78 is 0. The van der Waals surface area contributed by atoms with Gasteiger partial charge in [-0.1, -0.05) is 6.92 Å². The first kappa shape index (κ1) is 16.6. The molecule has 1 rings (SSSR count). The first-order valence-corrected chi connectivity index (χ1v) is 6.63. The maximum absolute atomic E-state index is 4.48. The van der Waals surface area contributed by atoms with Gasteiger partial charge in [-0.15, -0.1) is 35.3 Å². The average Bonchev–Trinajstić information content (AvgIpc) is 2.74. The average molecular weight is 368 g/mol. The molecule has 1 aromatic rings. The second-order valence-corrected chi connectivity index (χ2v) is 4.25. The first-order valence-electron chi connectivity index (χ1n) is 5.75. The summed E-state index contributed by atoms with van der Waals surface area (Å²) in [5.41, 5.74) is 1.05. The molecule has 0 fully saturated rings. The van der Waals surface area contributed by atoms with Crippen LogP contribution in [-0.4, -0.2) is 24.0 Å². The van der Waals surface area contributed by atoms with E-state index in [4.69, 9.17) is 0 Å². The van der Waals surface area contributed by atoms with Crippen LogP contribution in [0.2, 0.25) is 0 Å². The Hall–Kier alpha value is -0.370. The fraction of sp³-hybridized carbons (Fsp3) is 0.636. The van der Waals surface area contributed by atoms with Crippen LogP contribution in [0.25, 0.3) is 0 Å². The van der Waals surface area contributed by atoms with Crippen LogP contribution in [0.5, 0.6) is 0 Å². The molecule has 0 saturated carbocycles. The van der Waals surface area contributed by atoms with Crippen LogP contribution in [-0.2, 0) is 13.0 Å². The Morgan fingerprint density at radius 1 is 1.29 bits per heavy atom. The van der Waals surface area contributed by atoms with Gasteiger partial charge in [-0.2, -0.15) is 0 Å². The van der Waals surface area contributed by atoms with Crippen molar-refractivity contribution in [2.45, 2.75) is 33.7 Å². The van der Waals surface area contributed by atoms with E-state index < -0.39 is 0 Å². The molecular weight excluding hydrogens is 347 g/mol. The summed E-state index contributed by atoms with van der Waals surface area (Å²) in [6.07, 6.45) is 1.00. The number of thiazole rings is 1. The van der Waals surface area contributed by atoms with Crippen molar-refractivity contribution in [2.24, 2.45) is 4.99 Å². The van der Waals surface area contributed by atoms with Gasteiger partial charge in [0.1, 0.15) is 0 Å². The molecule has 0 atom stereocenters. The molecule has 0 aliphatic carbocycles. The van der Waals surface area contributed by atoms with Crippen LogP contribution in [0.1, 0.15) is 31.5 Å². The van der Waals surface area contributed by atoms with Gasteiger partial charge in [0, 0.05) is 18.5 Å². The Bertz CT molecular complexity index is 330. The molecule has 0 bridgehead atoms. The van der Waals surface area contributed by atoms with Gasteiger partial charge in [0.2, 0.25) is 0 Å². The first-order chi connectivity index (χ1) is 7.80. The van der Waals surface area contributed by atoms with E-state index in [0.29, 0.717) is 6.54 Å². The van der Waals surface area contributed by atoms with E-state index in [1.807, 2.05) is 0 Å². The smallest absolute Gasteiger partial charge is 0.191 e. The van der Waals surface area contributed by atoms with Crippen molar-refractivity contribution < 1.29 is 0 Å². The molecule has 0 spiro atoms. The van der Waals surface area contributed by atoms with Gasteiger partial charge in [0.15, 0.2) is 5.96 Å². The molecular formula is C11H21IN4S. The molecule has 0 aliphatic rings. The second-order valence-electron chi connectivity index (χ2n) is 3.31. The third kappa shape index (κ3) is 6.21. The molecule has 0 saturated heterocycles. The van der Waals surface area contributed by atoms with E-state index >= 15 is 0 Å². The van der Waals surface area contributed by atoms with E-state index in [-0.39, 0.29) is 24.0 Å². The molecule has 4 nitrogen and oxygen atoms in total. The highest BCUT2D eigenvalue weighted by Gasteiger charge is 2.00. The SMILES string of the molecule is CCNC(=NCc1csc(CC)n1)NCC.I. The molecule has 98 valence electrons. The number of rotatable bonds is 5. The molecule has 1 aromatic heterocycles. The summed E-state index contributed by atoms with van der Waals surface area (Å²) in [7, 11) is 0. The van der Waals surface area contributed by atoms with Crippen LogP contribution in [0.4, 0.5) is 0 Å². The maximum Gasteiger partial charge on any atom is 0.191 e. The summed E-state index contributed by atoms with van der Waals surface area (Å²) >= 11 is 1.71. The lowest BCUT2D eigenvalue weighted by molar-refractivity contribution is 0.834. The van der Waals surface area contributed by atoms with Gasteiger partial charge in [-0.3, -0.25) is 0 Å². The predicted octanol–water partition coefficient (Wildman–Crippen LogP) is 2.40. The zero-order valence-electron chi connectivity index (χ0n) is 10.6. The predicted molar refractivity (Wildman–Crippen MR) is 85.4 cm³/mol. The minimum atomic E-state index is 0. The quantitative estimate of drug-likeness (QED) is 0.477. The Balaban J connectivity index is 0.00000256.